The van der Waals surface area contributed by atoms with Crippen LogP contribution in [0.1, 0.15) is 52.5 Å². The first-order valence-electron chi connectivity index (χ1n) is 9.20. The molecule has 1 aliphatic rings. The van der Waals surface area contributed by atoms with Crippen LogP contribution >= 0.6 is 23.6 Å². The smallest absolute Gasteiger partial charge is 0.341 e. The summed E-state index contributed by atoms with van der Waals surface area (Å²) in [5.74, 6) is -0.584. The molecule has 2 N–H and O–H groups in total. The van der Waals surface area contributed by atoms with E-state index < -0.39 is 0 Å². The zero-order valence-corrected chi connectivity index (χ0v) is 16.9. The van der Waals surface area contributed by atoms with Gasteiger partial charge >= 0.3 is 5.97 Å². The Kier molecular flexibility index (Phi) is 6.79. The number of esters is 1. The Balaban J connectivity index is 1.76. The van der Waals surface area contributed by atoms with Gasteiger partial charge in [0, 0.05) is 17.0 Å². The van der Waals surface area contributed by atoms with Gasteiger partial charge in [0.1, 0.15) is 10.8 Å². The van der Waals surface area contributed by atoms with Crippen LogP contribution < -0.4 is 10.6 Å². The molecule has 144 valence electrons. The summed E-state index contributed by atoms with van der Waals surface area (Å²) in [6.07, 6.45) is 5.24. The van der Waals surface area contributed by atoms with Gasteiger partial charge in [-0.15, -0.1) is 11.3 Å². The average Bonchev–Trinajstić information content (AvgIpc) is 2.82. The van der Waals surface area contributed by atoms with Gasteiger partial charge in [-0.3, -0.25) is 0 Å². The Morgan fingerprint density at radius 2 is 2.04 bits per heavy atom. The molecule has 7 heteroatoms. The second-order valence-corrected chi connectivity index (χ2v) is 7.90. The number of aryl methyl sites for hydroxylation is 1. The number of hydrogen-bond donors (Lipinski definition) is 2. The van der Waals surface area contributed by atoms with Crippen LogP contribution in [0.5, 0.6) is 0 Å². The van der Waals surface area contributed by atoms with Crippen LogP contribution in [-0.4, -0.2) is 17.7 Å². The van der Waals surface area contributed by atoms with E-state index in [1.54, 1.807) is 36.5 Å². The first-order valence-corrected chi connectivity index (χ1v) is 10.4. The molecule has 0 aliphatic heterocycles. The van der Waals surface area contributed by atoms with Crippen LogP contribution in [0.4, 0.5) is 9.39 Å². The molecule has 0 saturated heterocycles. The van der Waals surface area contributed by atoms with Crippen molar-refractivity contribution in [2.24, 2.45) is 0 Å². The van der Waals surface area contributed by atoms with Gasteiger partial charge < -0.3 is 15.4 Å². The number of carbonyl (C=O) groups excluding carboxylic acids is 1. The van der Waals surface area contributed by atoms with E-state index in [-0.39, 0.29) is 18.3 Å². The second-order valence-electron chi connectivity index (χ2n) is 6.39. The van der Waals surface area contributed by atoms with Crippen molar-refractivity contribution in [2.45, 2.75) is 45.6 Å². The molecule has 0 atom stereocenters. The number of hydrogen-bond acceptors (Lipinski definition) is 4. The highest BCUT2D eigenvalue weighted by Crippen LogP contribution is 2.38. The summed E-state index contributed by atoms with van der Waals surface area (Å²) in [5, 5.41) is 7.22. The molecular weight excluding hydrogens is 383 g/mol. The molecule has 0 fully saturated rings. The van der Waals surface area contributed by atoms with Gasteiger partial charge in [0.25, 0.3) is 0 Å². The molecule has 4 nitrogen and oxygen atoms in total. The van der Waals surface area contributed by atoms with Crippen LogP contribution in [0, 0.1) is 5.82 Å². The number of rotatable bonds is 5. The van der Waals surface area contributed by atoms with E-state index in [9.17, 15) is 9.18 Å². The van der Waals surface area contributed by atoms with E-state index in [1.807, 2.05) is 0 Å². The van der Waals surface area contributed by atoms with Crippen molar-refractivity contribution in [1.82, 2.24) is 5.32 Å². The molecule has 2 aromatic rings. The lowest BCUT2D eigenvalue weighted by atomic mass is 10.1. The van der Waals surface area contributed by atoms with Crippen molar-refractivity contribution in [2.75, 3.05) is 11.9 Å². The first-order chi connectivity index (χ1) is 13.1. The fourth-order valence-electron chi connectivity index (χ4n) is 3.21. The van der Waals surface area contributed by atoms with Gasteiger partial charge in [-0.1, -0.05) is 24.6 Å². The Hall–Kier alpha value is -1.99. The molecule has 1 aromatic carbocycles. The van der Waals surface area contributed by atoms with Crippen molar-refractivity contribution in [3.8, 4) is 0 Å². The van der Waals surface area contributed by atoms with Gasteiger partial charge in [-0.2, -0.15) is 0 Å². The lowest BCUT2D eigenvalue weighted by Gasteiger charge is -2.12. The number of nitrogens with one attached hydrogen (secondary N) is 2. The third-order valence-electron chi connectivity index (χ3n) is 4.53. The van der Waals surface area contributed by atoms with Crippen LogP contribution in [0.2, 0.25) is 0 Å². The number of fused-ring (bicyclic) bond motifs is 1. The molecule has 0 radical (unpaired) electrons. The van der Waals surface area contributed by atoms with E-state index in [2.05, 4.69) is 10.6 Å². The lowest BCUT2D eigenvalue weighted by Crippen LogP contribution is -2.28. The minimum Gasteiger partial charge on any atom is -0.462 e. The lowest BCUT2D eigenvalue weighted by molar-refractivity contribution is 0.0527. The Bertz CT molecular complexity index is 835. The SMILES string of the molecule is CCOC(=O)c1c(NC(=S)NCc2ccccc2F)sc2c1CCCCC2. The summed E-state index contributed by atoms with van der Waals surface area (Å²) in [4.78, 5) is 13.8. The molecule has 0 spiro atoms. The molecule has 3 rings (SSSR count). The van der Waals surface area contributed by atoms with Crippen molar-refractivity contribution in [3.05, 3.63) is 51.7 Å². The third-order valence-corrected chi connectivity index (χ3v) is 5.98. The number of thiophene rings is 1. The first kappa shape index (κ1) is 19.8. The van der Waals surface area contributed by atoms with Gasteiger partial charge in [-0.25, -0.2) is 9.18 Å². The molecule has 1 aliphatic carbocycles. The maximum Gasteiger partial charge on any atom is 0.341 e. The molecule has 0 bridgehead atoms. The highest BCUT2D eigenvalue weighted by atomic mass is 32.1. The van der Waals surface area contributed by atoms with Gasteiger partial charge in [-0.05, 0) is 56.5 Å². The van der Waals surface area contributed by atoms with Gasteiger partial charge in [0.15, 0.2) is 5.11 Å². The topological polar surface area (TPSA) is 50.4 Å². The molecular formula is C20H23FN2O2S2. The predicted molar refractivity (Wildman–Crippen MR) is 111 cm³/mol. The molecule has 27 heavy (non-hydrogen) atoms. The number of ether oxygens (including phenoxy) is 1. The zero-order valence-electron chi connectivity index (χ0n) is 15.3. The molecule has 1 aromatic heterocycles. The summed E-state index contributed by atoms with van der Waals surface area (Å²) < 4.78 is 19.0. The van der Waals surface area contributed by atoms with E-state index in [0.717, 1.165) is 31.2 Å². The van der Waals surface area contributed by atoms with Crippen molar-refractivity contribution >= 4 is 39.6 Å². The van der Waals surface area contributed by atoms with E-state index in [4.69, 9.17) is 17.0 Å². The highest BCUT2D eigenvalue weighted by molar-refractivity contribution is 7.80. The third kappa shape index (κ3) is 4.84. The summed E-state index contributed by atoms with van der Waals surface area (Å²) in [6.45, 7) is 2.41. The highest BCUT2D eigenvalue weighted by Gasteiger charge is 2.26. The Morgan fingerprint density at radius 3 is 2.81 bits per heavy atom. The van der Waals surface area contributed by atoms with E-state index in [0.29, 0.717) is 27.8 Å². The summed E-state index contributed by atoms with van der Waals surface area (Å²) in [7, 11) is 0. The number of anilines is 1. The average molecular weight is 407 g/mol. The summed E-state index contributed by atoms with van der Waals surface area (Å²) in [5.41, 5.74) is 2.23. The molecule has 0 unspecified atom stereocenters. The van der Waals surface area contributed by atoms with Crippen LogP contribution in [0.3, 0.4) is 0 Å². The van der Waals surface area contributed by atoms with E-state index in [1.165, 1.54) is 17.4 Å². The van der Waals surface area contributed by atoms with Crippen molar-refractivity contribution < 1.29 is 13.9 Å². The maximum absolute atomic E-state index is 13.8. The minimum atomic E-state index is -0.309. The van der Waals surface area contributed by atoms with Crippen LogP contribution in [0.15, 0.2) is 24.3 Å². The summed E-state index contributed by atoms with van der Waals surface area (Å²) >= 11 is 6.94. The van der Waals surface area contributed by atoms with Crippen molar-refractivity contribution in [3.63, 3.8) is 0 Å². The normalized spacial score (nSPS) is 13.4. The fraction of sp³-hybridized carbons (Fsp3) is 0.400. The second kappa shape index (κ2) is 9.28. The number of carbonyl (C=O) groups is 1. The maximum atomic E-state index is 13.8. The molecule has 0 saturated carbocycles. The fourth-order valence-corrected chi connectivity index (χ4v) is 4.74. The predicted octanol–water partition coefficient (Wildman–Crippen LogP) is 4.82. The van der Waals surface area contributed by atoms with Gasteiger partial charge in [0.05, 0.1) is 12.2 Å². The Labute approximate surface area is 168 Å². The van der Waals surface area contributed by atoms with Crippen molar-refractivity contribution in [1.29, 1.82) is 0 Å². The van der Waals surface area contributed by atoms with Crippen LogP contribution in [-0.2, 0) is 24.1 Å². The van der Waals surface area contributed by atoms with Gasteiger partial charge in [0.2, 0.25) is 0 Å². The minimum absolute atomic E-state index is 0.275. The van der Waals surface area contributed by atoms with E-state index >= 15 is 0 Å². The van der Waals surface area contributed by atoms with Crippen LogP contribution in [0.25, 0.3) is 0 Å². The largest absolute Gasteiger partial charge is 0.462 e. The number of halogens is 1. The standard InChI is InChI=1S/C20H23FN2O2S2/c1-2-25-19(24)17-14-9-4-3-5-11-16(14)27-18(17)23-20(26)22-12-13-8-6-7-10-15(13)21/h6-8,10H,2-5,9,11-12H2,1H3,(H2,22,23,26). The Morgan fingerprint density at radius 1 is 1.26 bits per heavy atom. The summed E-state index contributed by atoms with van der Waals surface area (Å²) in [6, 6.07) is 6.57. The molecule has 0 amide bonds. The molecule has 1 heterocycles. The number of thiocarbonyl (C=S) groups is 1. The monoisotopic (exact) mass is 406 g/mol. The zero-order chi connectivity index (χ0) is 19.2. The quantitative estimate of drug-likeness (QED) is 0.424. The number of benzene rings is 1.